The molecular formula is C21H18N6O. The number of carbonyl (C=O) groups excluding carboxylic acids is 1. The summed E-state index contributed by atoms with van der Waals surface area (Å²) in [5.74, 6) is -0.167. The number of aromatic nitrogens is 3. The lowest BCUT2D eigenvalue weighted by Gasteiger charge is -2.02. The Morgan fingerprint density at radius 1 is 1.11 bits per heavy atom. The molecule has 28 heavy (non-hydrogen) atoms. The summed E-state index contributed by atoms with van der Waals surface area (Å²) in [7, 11) is 0. The molecule has 0 aliphatic rings. The number of carbonyl (C=O) groups is 1. The Balaban J connectivity index is 1.93. The van der Waals surface area contributed by atoms with Gasteiger partial charge < -0.3 is 11.1 Å². The van der Waals surface area contributed by atoms with Crippen molar-refractivity contribution in [3.8, 4) is 0 Å². The molecule has 0 fully saturated rings. The molecule has 7 nitrogen and oxygen atoms in total. The van der Waals surface area contributed by atoms with Gasteiger partial charge in [0.15, 0.2) is 5.65 Å². The fourth-order valence-electron chi connectivity index (χ4n) is 2.90. The number of nitrogen functional groups attached to an aromatic ring is 1. The Morgan fingerprint density at radius 2 is 1.79 bits per heavy atom. The normalized spacial score (nSPS) is 11.3. The number of benzene rings is 2. The molecule has 7 heteroatoms. The van der Waals surface area contributed by atoms with Gasteiger partial charge in [0, 0.05) is 6.54 Å². The molecule has 0 atom stereocenters. The molecule has 4 rings (SSSR count). The van der Waals surface area contributed by atoms with Gasteiger partial charge in [-0.15, -0.1) is 6.58 Å². The molecule has 0 spiro atoms. The third-order valence-corrected chi connectivity index (χ3v) is 4.23. The first kappa shape index (κ1) is 17.4. The number of fused-ring (bicyclic) bond motifs is 2. The third-order valence-electron chi connectivity index (χ3n) is 4.23. The summed E-state index contributed by atoms with van der Waals surface area (Å²) < 4.78 is 1.45. The summed E-state index contributed by atoms with van der Waals surface area (Å²) in [5, 5.41) is 7.21. The van der Waals surface area contributed by atoms with Crippen molar-refractivity contribution in [2.24, 2.45) is 5.10 Å². The summed E-state index contributed by atoms with van der Waals surface area (Å²) in [6.07, 6.45) is 3.26. The molecule has 2 heterocycles. The smallest absolute Gasteiger partial charge is 0.257 e. The maximum atomic E-state index is 12.7. The van der Waals surface area contributed by atoms with Crippen molar-refractivity contribution in [3.63, 3.8) is 0 Å². The number of nitrogens with zero attached hydrogens (tertiary/aromatic N) is 4. The monoisotopic (exact) mass is 370 g/mol. The summed E-state index contributed by atoms with van der Waals surface area (Å²) in [6, 6.07) is 17.0. The van der Waals surface area contributed by atoms with E-state index in [1.54, 1.807) is 12.3 Å². The van der Waals surface area contributed by atoms with Crippen LogP contribution in [0.5, 0.6) is 0 Å². The number of amides is 1. The summed E-state index contributed by atoms with van der Waals surface area (Å²) >= 11 is 0. The molecule has 4 aromatic rings. The summed E-state index contributed by atoms with van der Waals surface area (Å²) in [4.78, 5) is 22.0. The average Bonchev–Trinajstić information content (AvgIpc) is 3.00. The highest BCUT2D eigenvalue weighted by Crippen LogP contribution is 2.27. The second kappa shape index (κ2) is 7.32. The van der Waals surface area contributed by atoms with Gasteiger partial charge in [-0.05, 0) is 17.7 Å². The van der Waals surface area contributed by atoms with Crippen molar-refractivity contribution in [1.29, 1.82) is 0 Å². The van der Waals surface area contributed by atoms with Gasteiger partial charge >= 0.3 is 0 Å². The lowest BCUT2D eigenvalue weighted by Crippen LogP contribution is -2.24. The van der Waals surface area contributed by atoms with Crippen LogP contribution in [0.1, 0.15) is 15.9 Å². The quantitative estimate of drug-likeness (QED) is 0.417. The van der Waals surface area contributed by atoms with Crippen molar-refractivity contribution in [2.75, 3.05) is 12.3 Å². The minimum absolute atomic E-state index is 0.180. The van der Waals surface area contributed by atoms with Crippen LogP contribution >= 0.6 is 0 Å². The Kier molecular flexibility index (Phi) is 4.55. The van der Waals surface area contributed by atoms with Crippen LogP contribution in [0.2, 0.25) is 0 Å². The third kappa shape index (κ3) is 3.09. The number of hydrogen-bond acceptors (Lipinski definition) is 5. The highest BCUT2D eigenvalue weighted by molar-refractivity contribution is 6.10. The fraction of sp³-hybridized carbons (Fsp3) is 0.0476. The predicted molar refractivity (Wildman–Crippen MR) is 111 cm³/mol. The SMILES string of the molecule is C=CCNC(=O)c1c(N)n(N=Cc2ccccc2)c2nc3ccccc3nc12. The van der Waals surface area contributed by atoms with Crippen molar-refractivity contribution in [3.05, 3.63) is 78.4 Å². The molecule has 3 N–H and O–H groups in total. The molecule has 2 aromatic heterocycles. The molecule has 0 aliphatic carbocycles. The van der Waals surface area contributed by atoms with Gasteiger partial charge in [0.1, 0.15) is 16.9 Å². The van der Waals surface area contributed by atoms with E-state index in [1.165, 1.54) is 4.68 Å². The van der Waals surface area contributed by atoms with E-state index < -0.39 is 0 Å². The lowest BCUT2D eigenvalue weighted by atomic mass is 10.2. The highest BCUT2D eigenvalue weighted by atomic mass is 16.1. The first-order valence-corrected chi connectivity index (χ1v) is 8.74. The molecule has 0 saturated heterocycles. The number of nitrogens with two attached hydrogens (primary N) is 1. The van der Waals surface area contributed by atoms with Crippen molar-refractivity contribution in [2.45, 2.75) is 0 Å². The van der Waals surface area contributed by atoms with E-state index >= 15 is 0 Å². The van der Waals surface area contributed by atoms with E-state index in [0.29, 0.717) is 28.7 Å². The predicted octanol–water partition coefficient (Wildman–Crippen LogP) is 2.96. The molecule has 0 saturated carbocycles. The largest absolute Gasteiger partial charge is 0.383 e. The molecule has 0 unspecified atom stereocenters. The van der Waals surface area contributed by atoms with Crippen LogP contribution in [-0.2, 0) is 0 Å². The summed E-state index contributed by atoms with van der Waals surface area (Å²) in [5.41, 5.74) is 9.65. The van der Waals surface area contributed by atoms with Gasteiger partial charge in [0.05, 0.1) is 17.2 Å². The van der Waals surface area contributed by atoms with Crippen LogP contribution in [0.3, 0.4) is 0 Å². The second-order valence-corrected chi connectivity index (χ2v) is 6.11. The number of nitrogens with one attached hydrogen (secondary N) is 1. The minimum atomic E-state index is -0.347. The number of para-hydroxylation sites is 2. The van der Waals surface area contributed by atoms with E-state index in [1.807, 2.05) is 54.6 Å². The highest BCUT2D eigenvalue weighted by Gasteiger charge is 2.23. The Labute approximate surface area is 161 Å². The van der Waals surface area contributed by atoms with Crippen molar-refractivity contribution in [1.82, 2.24) is 20.0 Å². The number of hydrogen-bond donors (Lipinski definition) is 2. The molecule has 138 valence electrons. The van der Waals surface area contributed by atoms with Crippen LogP contribution in [0, 0.1) is 0 Å². The summed E-state index contributed by atoms with van der Waals surface area (Å²) in [6.45, 7) is 3.94. The lowest BCUT2D eigenvalue weighted by molar-refractivity contribution is 0.0960. The number of anilines is 1. The zero-order chi connectivity index (χ0) is 19.5. The second-order valence-electron chi connectivity index (χ2n) is 6.11. The molecule has 0 aliphatic heterocycles. The van der Waals surface area contributed by atoms with Crippen molar-refractivity contribution >= 4 is 40.1 Å². The van der Waals surface area contributed by atoms with Gasteiger partial charge in [0.25, 0.3) is 5.91 Å². The van der Waals surface area contributed by atoms with Crippen molar-refractivity contribution < 1.29 is 4.79 Å². The van der Waals surface area contributed by atoms with Gasteiger partial charge in [0.2, 0.25) is 0 Å². The van der Waals surface area contributed by atoms with Gasteiger partial charge in [-0.1, -0.05) is 48.5 Å². The van der Waals surface area contributed by atoms with Crippen LogP contribution < -0.4 is 11.1 Å². The van der Waals surface area contributed by atoms with E-state index in [0.717, 1.165) is 5.56 Å². The van der Waals surface area contributed by atoms with Crippen LogP contribution in [0.15, 0.2) is 72.4 Å². The maximum absolute atomic E-state index is 12.7. The van der Waals surface area contributed by atoms with Crippen LogP contribution in [0.4, 0.5) is 5.82 Å². The van der Waals surface area contributed by atoms with E-state index in [4.69, 9.17) is 5.73 Å². The topological polar surface area (TPSA) is 98.2 Å². The fourth-order valence-corrected chi connectivity index (χ4v) is 2.90. The van der Waals surface area contributed by atoms with E-state index in [9.17, 15) is 4.79 Å². The van der Waals surface area contributed by atoms with Gasteiger partial charge in [-0.3, -0.25) is 4.79 Å². The first-order chi connectivity index (χ1) is 13.7. The molecule has 2 aromatic carbocycles. The van der Waals surface area contributed by atoms with Gasteiger partial charge in [-0.2, -0.15) is 9.78 Å². The standard InChI is InChI=1S/C21H18N6O/c1-2-12-23-21(28)17-18-20(26-16-11-7-6-10-15(16)25-18)27(19(17)22)24-13-14-8-4-3-5-9-14/h2-11,13H,1,12,22H2,(H,23,28). The number of rotatable bonds is 5. The first-order valence-electron chi connectivity index (χ1n) is 8.74. The zero-order valence-electron chi connectivity index (χ0n) is 15.0. The molecule has 1 amide bonds. The maximum Gasteiger partial charge on any atom is 0.257 e. The van der Waals surface area contributed by atoms with Crippen LogP contribution in [-0.4, -0.2) is 33.3 Å². The Morgan fingerprint density at radius 3 is 2.50 bits per heavy atom. The minimum Gasteiger partial charge on any atom is -0.383 e. The van der Waals surface area contributed by atoms with Crippen LogP contribution in [0.25, 0.3) is 22.2 Å². The average molecular weight is 370 g/mol. The molecule has 0 bridgehead atoms. The Hall–Kier alpha value is -4.00. The van der Waals surface area contributed by atoms with E-state index in [2.05, 4.69) is 27.0 Å². The molecular weight excluding hydrogens is 352 g/mol. The Bertz CT molecular complexity index is 1210. The van der Waals surface area contributed by atoms with Gasteiger partial charge in [-0.25, -0.2) is 9.97 Å². The van der Waals surface area contributed by atoms with E-state index in [-0.39, 0.29) is 17.3 Å². The molecule has 0 radical (unpaired) electrons. The zero-order valence-corrected chi connectivity index (χ0v) is 15.0.